The number of aryl methyl sites for hydroxylation is 1. The van der Waals surface area contributed by atoms with E-state index in [-0.39, 0.29) is 0 Å². The molecule has 0 saturated heterocycles. The molecule has 16 heavy (non-hydrogen) atoms. The molecule has 1 aliphatic rings. The molecule has 2 nitrogen and oxygen atoms in total. The van der Waals surface area contributed by atoms with E-state index in [1.54, 1.807) is 0 Å². The molecule has 1 aromatic heterocycles. The Labute approximate surface area is 103 Å². The van der Waals surface area contributed by atoms with Crippen molar-refractivity contribution in [3.63, 3.8) is 0 Å². The van der Waals surface area contributed by atoms with E-state index < -0.39 is 0 Å². The molecule has 2 rings (SSSR count). The Bertz CT molecular complexity index is 359. The van der Waals surface area contributed by atoms with E-state index in [1.165, 1.54) is 37.8 Å². The third-order valence-electron chi connectivity index (χ3n) is 3.53. The molecule has 0 aromatic carbocycles. The van der Waals surface area contributed by atoms with Crippen LogP contribution in [0, 0.1) is 6.92 Å². The van der Waals surface area contributed by atoms with Crippen molar-refractivity contribution >= 4 is 17.3 Å². The molecule has 0 amide bonds. The highest BCUT2D eigenvalue weighted by molar-refractivity contribution is 6.29. The van der Waals surface area contributed by atoms with E-state index in [4.69, 9.17) is 11.6 Å². The highest BCUT2D eigenvalue weighted by Crippen LogP contribution is 2.28. The van der Waals surface area contributed by atoms with Gasteiger partial charge >= 0.3 is 0 Å². The third kappa shape index (κ3) is 2.49. The van der Waals surface area contributed by atoms with Gasteiger partial charge in [0.1, 0.15) is 5.15 Å². The van der Waals surface area contributed by atoms with Gasteiger partial charge in [-0.2, -0.15) is 0 Å². The molecule has 1 aliphatic carbocycles. The van der Waals surface area contributed by atoms with Crippen molar-refractivity contribution in [1.29, 1.82) is 0 Å². The fourth-order valence-corrected chi connectivity index (χ4v) is 2.75. The SMILES string of the molecule is Cc1nc(Cl)ccc1N(C)C1CCCCC1. The van der Waals surface area contributed by atoms with Gasteiger partial charge in [-0.1, -0.05) is 30.9 Å². The van der Waals surface area contributed by atoms with E-state index in [9.17, 15) is 0 Å². The molecule has 1 fully saturated rings. The Kier molecular flexibility index (Phi) is 3.70. The molecular formula is C13H19ClN2. The second kappa shape index (κ2) is 5.05. The van der Waals surface area contributed by atoms with E-state index in [0.717, 1.165) is 5.69 Å². The second-order valence-electron chi connectivity index (χ2n) is 4.64. The summed E-state index contributed by atoms with van der Waals surface area (Å²) >= 11 is 5.88. The average molecular weight is 239 g/mol. The zero-order valence-corrected chi connectivity index (χ0v) is 10.8. The second-order valence-corrected chi connectivity index (χ2v) is 5.03. The van der Waals surface area contributed by atoms with Crippen LogP contribution < -0.4 is 4.90 Å². The minimum atomic E-state index is 0.582. The van der Waals surface area contributed by atoms with E-state index >= 15 is 0 Å². The summed E-state index contributed by atoms with van der Waals surface area (Å²) < 4.78 is 0. The summed E-state index contributed by atoms with van der Waals surface area (Å²) in [5.41, 5.74) is 2.25. The Morgan fingerprint density at radius 2 is 1.94 bits per heavy atom. The summed E-state index contributed by atoms with van der Waals surface area (Å²) in [4.78, 5) is 6.69. The maximum atomic E-state index is 5.88. The predicted octanol–water partition coefficient (Wildman–Crippen LogP) is 3.81. The summed E-state index contributed by atoms with van der Waals surface area (Å²) in [6.07, 6.45) is 6.71. The van der Waals surface area contributed by atoms with Crippen LogP contribution in [0.4, 0.5) is 5.69 Å². The Hall–Kier alpha value is -0.760. The monoisotopic (exact) mass is 238 g/mol. The van der Waals surface area contributed by atoms with Gasteiger partial charge in [0.05, 0.1) is 11.4 Å². The summed E-state index contributed by atoms with van der Waals surface area (Å²) in [5, 5.41) is 0.582. The first kappa shape index (κ1) is 11.7. The summed E-state index contributed by atoms with van der Waals surface area (Å²) in [5.74, 6) is 0. The number of nitrogens with zero attached hydrogens (tertiary/aromatic N) is 2. The van der Waals surface area contributed by atoms with Gasteiger partial charge in [0, 0.05) is 13.1 Å². The van der Waals surface area contributed by atoms with Gasteiger partial charge in [-0.05, 0) is 31.9 Å². The predicted molar refractivity (Wildman–Crippen MR) is 69.3 cm³/mol. The van der Waals surface area contributed by atoms with Gasteiger partial charge < -0.3 is 4.90 Å². The molecule has 0 atom stereocenters. The molecule has 0 bridgehead atoms. The van der Waals surface area contributed by atoms with Gasteiger partial charge in [0.15, 0.2) is 0 Å². The van der Waals surface area contributed by atoms with Crippen molar-refractivity contribution in [2.45, 2.75) is 45.1 Å². The molecular weight excluding hydrogens is 220 g/mol. The van der Waals surface area contributed by atoms with Crippen LogP contribution in [-0.2, 0) is 0 Å². The van der Waals surface area contributed by atoms with Crippen molar-refractivity contribution in [2.75, 3.05) is 11.9 Å². The number of rotatable bonds is 2. The van der Waals surface area contributed by atoms with Crippen molar-refractivity contribution in [3.8, 4) is 0 Å². The third-order valence-corrected chi connectivity index (χ3v) is 3.74. The maximum Gasteiger partial charge on any atom is 0.129 e. The summed E-state index contributed by atoms with van der Waals surface area (Å²) in [6, 6.07) is 4.64. The Balaban J connectivity index is 2.15. The number of anilines is 1. The van der Waals surface area contributed by atoms with Crippen molar-refractivity contribution in [2.24, 2.45) is 0 Å². The molecule has 0 N–H and O–H groups in total. The largest absolute Gasteiger partial charge is 0.370 e. The molecule has 0 spiro atoms. The normalized spacial score (nSPS) is 17.4. The fourth-order valence-electron chi connectivity index (χ4n) is 2.56. The number of halogens is 1. The highest BCUT2D eigenvalue weighted by Gasteiger charge is 2.19. The van der Waals surface area contributed by atoms with Crippen LogP contribution in [0.2, 0.25) is 5.15 Å². The first-order chi connectivity index (χ1) is 7.68. The van der Waals surface area contributed by atoms with Crippen LogP contribution in [0.5, 0.6) is 0 Å². The lowest BCUT2D eigenvalue weighted by Crippen LogP contribution is -2.33. The zero-order valence-electron chi connectivity index (χ0n) is 10.0. The molecule has 1 saturated carbocycles. The lowest BCUT2D eigenvalue weighted by molar-refractivity contribution is 0.427. The molecule has 0 aliphatic heterocycles. The van der Waals surface area contributed by atoms with E-state index in [0.29, 0.717) is 11.2 Å². The molecule has 0 radical (unpaired) electrons. The van der Waals surface area contributed by atoms with Gasteiger partial charge in [-0.3, -0.25) is 0 Å². The Morgan fingerprint density at radius 3 is 2.56 bits per heavy atom. The van der Waals surface area contributed by atoms with Crippen molar-refractivity contribution in [1.82, 2.24) is 4.98 Å². The topological polar surface area (TPSA) is 16.1 Å². The van der Waals surface area contributed by atoms with Gasteiger partial charge in [-0.25, -0.2) is 4.98 Å². The minimum absolute atomic E-state index is 0.582. The van der Waals surface area contributed by atoms with Crippen molar-refractivity contribution in [3.05, 3.63) is 23.0 Å². The van der Waals surface area contributed by atoms with E-state index in [1.807, 2.05) is 13.0 Å². The average Bonchev–Trinajstić information content (AvgIpc) is 2.29. The quantitative estimate of drug-likeness (QED) is 0.729. The summed E-state index contributed by atoms with van der Waals surface area (Å²) in [6.45, 7) is 2.03. The first-order valence-electron chi connectivity index (χ1n) is 6.04. The zero-order chi connectivity index (χ0) is 11.5. The smallest absolute Gasteiger partial charge is 0.129 e. The minimum Gasteiger partial charge on any atom is -0.370 e. The number of hydrogen-bond donors (Lipinski definition) is 0. The van der Waals surface area contributed by atoms with Crippen LogP contribution in [0.1, 0.15) is 37.8 Å². The highest BCUT2D eigenvalue weighted by atomic mass is 35.5. The fraction of sp³-hybridized carbons (Fsp3) is 0.615. The van der Waals surface area contributed by atoms with Gasteiger partial charge in [0.2, 0.25) is 0 Å². The lowest BCUT2D eigenvalue weighted by atomic mass is 9.94. The van der Waals surface area contributed by atoms with E-state index in [2.05, 4.69) is 23.0 Å². The van der Waals surface area contributed by atoms with Crippen LogP contribution in [0.15, 0.2) is 12.1 Å². The maximum absolute atomic E-state index is 5.88. The molecule has 88 valence electrons. The number of aromatic nitrogens is 1. The number of hydrogen-bond acceptors (Lipinski definition) is 2. The molecule has 1 heterocycles. The summed E-state index contributed by atoms with van der Waals surface area (Å²) in [7, 11) is 2.17. The first-order valence-corrected chi connectivity index (χ1v) is 6.42. The molecule has 3 heteroatoms. The van der Waals surface area contributed by atoms with Gasteiger partial charge in [0.25, 0.3) is 0 Å². The number of pyridine rings is 1. The van der Waals surface area contributed by atoms with Gasteiger partial charge in [-0.15, -0.1) is 0 Å². The van der Waals surface area contributed by atoms with Crippen LogP contribution >= 0.6 is 11.6 Å². The van der Waals surface area contributed by atoms with Crippen molar-refractivity contribution < 1.29 is 0 Å². The van der Waals surface area contributed by atoms with Crippen LogP contribution in [-0.4, -0.2) is 18.1 Å². The van der Waals surface area contributed by atoms with Crippen LogP contribution in [0.25, 0.3) is 0 Å². The van der Waals surface area contributed by atoms with Crippen LogP contribution in [0.3, 0.4) is 0 Å². The molecule has 0 unspecified atom stereocenters. The standard InChI is InChI=1S/C13H19ClN2/c1-10-12(8-9-13(14)15-10)16(2)11-6-4-3-5-7-11/h8-9,11H,3-7H2,1-2H3. The lowest BCUT2D eigenvalue weighted by Gasteiger charge is -2.33. The molecule has 1 aromatic rings. The Morgan fingerprint density at radius 1 is 1.25 bits per heavy atom.